The topological polar surface area (TPSA) is 59.0 Å². The van der Waals surface area contributed by atoms with Gasteiger partial charge in [0.05, 0.1) is 13.7 Å². The van der Waals surface area contributed by atoms with Crippen molar-refractivity contribution in [3.63, 3.8) is 0 Å². The lowest BCUT2D eigenvalue weighted by Crippen LogP contribution is -2.22. The molecule has 2 aromatic carbocycles. The Labute approximate surface area is 183 Å². The van der Waals surface area contributed by atoms with Gasteiger partial charge >= 0.3 is 5.97 Å². The number of nitrogens with zero attached hydrogens (tertiary/aromatic N) is 1. The van der Waals surface area contributed by atoms with E-state index >= 15 is 0 Å². The summed E-state index contributed by atoms with van der Waals surface area (Å²) in [5, 5.41) is 8.81. The highest BCUT2D eigenvalue weighted by atomic mass is 19.1. The second kappa shape index (κ2) is 11.7. The maximum Gasteiger partial charge on any atom is 0.303 e. The van der Waals surface area contributed by atoms with Crippen molar-refractivity contribution in [1.29, 1.82) is 0 Å². The second-order valence-corrected chi connectivity index (χ2v) is 8.26. The summed E-state index contributed by atoms with van der Waals surface area (Å²) in [6.07, 6.45) is 6.14. The number of carbonyl (C=O) groups is 1. The molecule has 31 heavy (non-hydrogen) atoms. The largest absolute Gasteiger partial charge is 0.496 e. The van der Waals surface area contributed by atoms with Gasteiger partial charge in [0, 0.05) is 31.0 Å². The van der Waals surface area contributed by atoms with Crippen LogP contribution in [0.3, 0.4) is 0 Å². The summed E-state index contributed by atoms with van der Waals surface area (Å²) in [7, 11) is 1.60. The Bertz CT molecular complexity index is 852. The average molecular weight is 430 g/mol. The number of aliphatic carboxylic acids is 1. The van der Waals surface area contributed by atoms with Crippen LogP contribution >= 0.6 is 0 Å². The maximum absolute atomic E-state index is 13.5. The summed E-state index contributed by atoms with van der Waals surface area (Å²) < 4.78 is 24.8. The number of rotatable bonds is 9. The van der Waals surface area contributed by atoms with Crippen molar-refractivity contribution < 1.29 is 23.8 Å². The molecular formula is C25H32FNO4. The van der Waals surface area contributed by atoms with Crippen LogP contribution in [-0.4, -0.2) is 42.8 Å². The van der Waals surface area contributed by atoms with Crippen molar-refractivity contribution in [3.8, 4) is 11.5 Å². The zero-order valence-corrected chi connectivity index (χ0v) is 18.2. The predicted molar refractivity (Wildman–Crippen MR) is 118 cm³/mol. The first-order chi connectivity index (χ1) is 15.0. The first-order valence-electron chi connectivity index (χ1n) is 11.0. The number of hydrogen-bond donors (Lipinski definition) is 1. The van der Waals surface area contributed by atoms with Gasteiger partial charge in [-0.3, -0.25) is 9.69 Å². The van der Waals surface area contributed by atoms with E-state index in [9.17, 15) is 9.18 Å². The lowest BCUT2D eigenvalue weighted by Gasteiger charge is -2.18. The van der Waals surface area contributed by atoms with Crippen molar-refractivity contribution in [2.75, 3.05) is 26.8 Å². The van der Waals surface area contributed by atoms with Crippen LogP contribution in [0.5, 0.6) is 11.5 Å². The second-order valence-electron chi connectivity index (χ2n) is 8.26. The van der Waals surface area contributed by atoms with Gasteiger partial charge in [0.2, 0.25) is 0 Å². The van der Waals surface area contributed by atoms with Gasteiger partial charge in [-0.2, -0.15) is 0 Å². The molecule has 5 nitrogen and oxygen atoms in total. The number of methoxy groups -OCH3 is 1. The van der Waals surface area contributed by atoms with Crippen LogP contribution in [0, 0.1) is 11.7 Å². The van der Waals surface area contributed by atoms with E-state index in [2.05, 4.69) is 4.90 Å². The molecule has 2 fully saturated rings. The number of carboxylic acids is 1. The van der Waals surface area contributed by atoms with Gasteiger partial charge in [0.15, 0.2) is 0 Å². The highest BCUT2D eigenvalue weighted by molar-refractivity contribution is 5.67. The summed E-state index contributed by atoms with van der Waals surface area (Å²) in [4.78, 5) is 13.0. The lowest BCUT2D eigenvalue weighted by atomic mass is 10.1. The first-order valence-corrected chi connectivity index (χ1v) is 11.0. The number of hydrogen-bond acceptors (Lipinski definition) is 4. The molecule has 168 valence electrons. The third-order valence-corrected chi connectivity index (χ3v) is 5.37. The number of halogens is 1. The van der Waals surface area contributed by atoms with Gasteiger partial charge in [-0.15, -0.1) is 0 Å². The summed E-state index contributed by atoms with van der Waals surface area (Å²) in [5.74, 6) is 0.833. The molecule has 0 spiro atoms. The van der Waals surface area contributed by atoms with Gasteiger partial charge in [0.25, 0.3) is 0 Å². The average Bonchev–Trinajstić information content (AvgIpc) is 3.58. The van der Waals surface area contributed by atoms with Crippen LogP contribution in [0.25, 0.3) is 0 Å². The van der Waals surface area contributed by atoms with E-state index in [0.29, 0.717) is 31.2 Å². The Morgan fingerprint density at radius 3 is 2.71 bits per heavy atom. The standard InChI is InChI=1S/C22H26FNO4.C3H6/c1-27-21-7-6-19(23)12-18(21)14-24-10-9-17(13-24)15-28-20-4-2-3-16(11-20)5-8-22(25)26;1-2-3-1/h2-4,6-7,11-12,17H,5,8-10,13-15H2,1H3,(H,25,26);1-3H2. The minimum absolute atomic E-state index is 0.116. The molecule has 2 aliphatic rings. The Hall–Kier alpha value is -2.60. The highest BCUT2D eigenvalue weighted by Crippen LogP contribution is 2.25. The van der Waals surface area contributed by atoms with Gasteiger partial charge in [-0.25, -0.2) is 4.39 Å². The molecule has 0 bridgehead atoms. The number of benzene rings is 2. The summed E-state index contributed by atoms with van der Waals surface area (Å²) in [6.45, 7) is 3.09. The van der Waals surface area contributed by atoms with Gasteiger partial charge in [0.1, 0.15) is 17.3 Å². The lowest BCUT2D eigenvalue weighted by molar-refractivity contribution is -0.136. The number of aryl methyl sites for hydroxylation is 1. The third kappa shape index (κ3) is 8.21. The predicted octanol–water partition coefficient (Wildman–Crippen LogP) is 4.92. The molecule has 0 amide bonds. The third-order valence-electron chi connectivity index (χ3n) is 5.37. The zero-order chi connectivity index (χ0) is 22.1. The van der Waals surface area contributed by atoms with Crippen molar-refractivity contribution in [2.24, 2.45) is 5.92 Å². The molecule has 1 unspecified atom stereocenters. The Morgan fingerprint density at radius 2 is 2.00 bits per heavy atom. The summed E-state index contributed by atoms with van der Waals surface area (Å²) in [5.41, 5.74) is 1.82. The Balaban J connectivity index is 0.000000834. The number of likely N-dealkylation sites (tertiary alicyclic amines) is 1. The van der Waals surface area contributed by atoms with E-state index in [1.807, 2.05) is 24.3 Å². The van der Waals surface area contributed by atoms with Crippen molar-refractivity contribution >= 4 is 5.97 Å². The number of ether oxygens (including phenoxy) is 2. The molecule has 6 heteroatoms. The zero-order valence-electron chi connectivity index (χ0n) is 18.2. The van der Waals surface area contributed by atoms with Crippen molar-refractivity contribution in [2.45, 2.75) is 45.1 Å². The normalized spacial score (nSPS) is 17.5. The monoisotopic (exact) mass is 429 g/mol. The molecule has 4 rings (SSSR count). The minimum atomic E-state index is -0.799. The SMILES string of the molecule is C1CC1.COc1ccc(F)cc1CN1CCC(COc2cccc(CCC(=O)O)c2)C1. The molecule has 1 atom stereocenters. The minimum Gasteiger partial charge on any atom is -0.496 e. The van der Waals surface area contributed by atoms with Crippen LogP contribution in [0.4, 0.5) is 4.39 Å². The molecule has 2 aromatic rings. The molecule has 0 radical (unpaired) electrons. The quantitative estimate of drug-likeness (QED) is 0.613. The molecular weight excluding hydrogens is 397 g/mol. The summed E-state index contributed by atoms with van der Waals surface area (Å²) in [6, 6.07) is 12.2. The number of carboxylic acid groups (broad SMARTS) is 1. The van der Waals surface area contributed by atoms with Crippen molar-refractivity contribution in [3.05, 3.63) is 59.4 Å². The molecule has 1 aliphatic carbocycles. The highest BCUT2D eigenvalue weighted by Gasteiger charge is 2.24. The molecule has 1 saturated heterocycles. The van der Waals surface area contributed by atoms with Gasteiger partial charge in [-0.05, 0) is 55.3 Å². The fourth-order valence-corrected chi connectivity index (χ4v) is 3.56. The van der Waals surface area contributed by atoms with E-state index in [1.165, 1.54) is 31.4 Å². The Morgan fingerprint density at radius 1 is 1.19 bits per heavy atom. The van der Waals surface area contributed by atoms with Crippen LogP contribution in [0.15, 0.2) is 42.5 Å². The van der Waals surface area contributed by atoms with Gasteiger partial charge < -0.3 is 14.6 Å². The molecule has 1 aliphatic heterocycles. The molecule has 1 N–H and O–H groups in total. The smallest absolute Gasteiger partial charge is 0.303 e. The summed E-state index contributed by atoms with van der Waals surface area (Å²) >= 11 is 0. The Kier molecular flexibility index (Phi) is 8.71. The fourth-order valence-electron chi connectivity index (χ4n) is 3.56. The van der Waals surface area contributed by atoms with Crippen molar-refractivity contribution in [1.82, 2.24) is 4.90 Å². The first kappa shape index (κ1) is 23.1. The van der Waals surface area contributed by atoms with E-state index in [-0.39, 0.29) is 12.2 Å². The van der Waals surface area contributed by atoms with E-state index in [1.54, 1.807) is 13.2 Å². The van der Waals surface area contributed by atoms with Crippen LogP contribution < -0.4 is 9.47 Å². The van der Waals surface area contributed by atoms with Crippen LogP contribution in [0.1, 0.15) is 43.2 Å². The van der Waals surface area contributed by atoms with E-state index in [4.69, 9.17) is 14.6 Å². The van der Waals surface area contributed by atoms with E-state index < -0.39 is 5.97 Å². The maximum atomic E-state index is 13.5. The molecule has 1 heterocycles. The van der Waals surface area contributed by atoms with Crippen LogP contribution in [-0.2, 0) is 17.8 Å². The van der Waals surface area contributed by atoms with Crippen LogP contribution in [0.2, 0.25) is 0 Å². The molecule has 1 saturated carbocycles. The van der Waals surface area contributed by atoms with E-state index in [0.717, 1.165) is 36.4 Å². The molecule has 0 aromatic heterocycles. The van der Waals surface area contributed by atoms with Gasteiger partial charge in [-0.1, -0.05) is 31.4 Å². The fraction of sp³-hybridized carbons (Fsp3) is 0.480.